The van der Waals surface area contributed by atoms with Crippen LogP contribution < -0.4 is 10.6 Å². The van der Waals surface area contributed by atoms with Gasteiger partial charge in [-0.2, -0.15) is 0 Å². The Morgan fingerprint density at radius 2 is 1.90 bits per heavy atom. The number of H-pyrrole nitrogens is 1. The molecule has 0 aliphatic rings. The summed E-state index contributed by atoms with van der Waals surface area (Å²) in [4.78, 5) is 24.4. The van der Waals surface area contributed by atoms with Crippen molar-refractivity contribution in [2.24, 2.45) is 0 Å². The van der Waals surface area contributed by atoms with Crippen molar-refractivity contribution in [1.82, 2.24) is 15.0 Å². The van der Waals surface area contributed by atoms with Crippen molar-refractivity contribution in [1.29, 1.82) is 0 Å². The van der Waals surface area contributed by atoms with Gasteiger partial charge in [0.2, 0.25) is 5.95 Å². The van der Waals surface area contributed by atoms with Gasteiger partial charge in [-0.15, -0.1) is 0 Å². The second kappa shape index (κ2) is 8.02. The van der Waals surface area contributed by atoms with Crippen LogP contribution in [0.25, 0.3) is 11.0 Å². The van der Waals surface area contributed by atoms with Crippen LogP contribution >= 0.6 is 39.1 Å². The minimum atomic E-state index is -0.264. The smallest absolute Gasteiger partial charge is 0.256 e. The van der Waals surface area contributed by atoms with E-state index >= 15 is 0 Å². The molecule has 2 aromatic carbocycles. The molecule has 3 N–H and O–H groups in total. The molecule has 6 nitrogen and oxygen atoms in total. The maximum atomic E-state index is 12.6. The molecule has 29 heavy (non-hydrogen) atoms. The first-order valence-electron chi connectivity index (χ1n) is 8.55. The number of aromatic nitrogens is 3. The van der Waals surface area contributed by atoms with Crippen LogP contribution in [0.5, 0.6) is 0 Å². The number of aryl methyl sites for hydroxylation is 1. The predicted molar refractivity (Wildman–Crippen MR) is 120 cm³/mol. The molecule has 0 radical (unpaired) electrons. The number of hydrogen-bond acceptors (Lipinski definition) is 4. The van der Waals surface area contributed by atoms with Crippen molar-refractivity contribution in [3.63, 3.8) is 0 Å². The summed E-state index contributed by atoms with van der Waals surface area (Å²) >= 11 is 15.8. The number of fused-ring (bicyclic) bond motifs is 1. The zero-order chi connectivity index (χ0) is 20.5. The number of benzene rings is 2. The fraction of sp³-hybridized carbons (Fsp3) is 0.0500. The van der Waals surface area contributed by atoms with Crippen molar-refractivity contribution in [3.05, 3.63) is 74.3 Å². The van der Waals surface area contributed by atoms with Crippen LogP contribution in [-0.4, -0.2) is 20.9 Å². The highest BCUT2D eigenvalue weighted by Crippen LogP contribution is 2.32. The van der Waals surface area contributed by atoms with Gasteiger partial charge in [0.15, 0.2) is 0 Å². The van der Waals surface area contributed by atoms with Crippen LogP contribution in [-0.2, 0) is 0 Å². The number of nitrogens with one attached hydrogen (secondary N) is 3. The minimum absolute atomic E-state index is 0.264. The van der Waals surface area contributed by atoms with Crippen molar-refractivity contribution < 1.29 is 4.79 Å². The van der Waals surface area contributed by atoms with Crippen molar-refractivity contribution in [2.45, 2.75) is 6.92 Å². The molecule has 0 bridgehead atoms. The van der Waals surface area contributed by atoms with Crippen LogP contribution in [0.3, 0.4) is 0 Å². The van der Waals surface area contributed by atoms with Gasteiger partial charge in [-0.05, 0) is 64.8 Å². The first-order chi connectivity index (χ1) is 13.9. The first kappa shape index (κ1) is 19.7. The van der Waals surface area contributed by atoms with E-state index in [1.54, 1.807) is 48.7 Å². The van der Waals surface area contributed by atoms with Gasteiger partial charge < -0.3 is 15.6 Å². The lowest BCUT2D eigenvalue weighted by molar-refractivity contribution is 0.102. The van der Waals surface area contributed by atoms with Crippen LogP contribution in [0.1, 0.15) is 15.9 Å². The van der Waals surface area contributed by atoms with Crippen LogP contribution in [0.15, 0.2) is 53.1 Å². The number of nitrogens with zero attached hydrogens (tertiary/aromatic N) is 2. The second-order valence-corrected chi connectivity index (χ2v) is 7.98. The molecule has 4 aromatic rings. The van der Waals surface area contributed by atoms with Crippen LogP contribution in [0, 0.1) is 6.92 Å². The highest BCUT2D eigenvalue weighted by Gasteiger charge is 2.12. The second-order valence-electron chi connectivity index (χ2n) is 6.31. The average Bonchev–Trinajstić information content (AvgIpc) is 3.09. The van der Waals surface area contributed by atoms with Gasteiger partial charge in [0.25, 0.3) is 5.91 Å². The van der Waals surface area contributed by atoms with Gasteiger partial charge in [-0.1, -0.05) is 29.3 Å². The Labute approximate surface area is 184 Å². The Hall–Kier alpha value is -2.61. The molecule has 2 aromatic heterocycles. The molecule has 0 spiro atoms. The number of carbonyl (C=O) groups excluding carboxylic acids is 1. The molecule has 0 unspecified atom stereocenters. The Bertz CT molecular complexity index is 1220. The highest BCUT2D eigenvalue weighted by molar-refractivity contribution is 9.10. The van der Waals surface area contributed by atoms with Crippen molar-refractivity contribution >= 4 is 73.5 Å². The lowest BCUT2D eigenvalue weighted by atomic mass is 10.2. The third kappa shape index (κ3) is 4.22. The lowest BCUT2D eigenvalue weighted by Crippen LogP contribution is -2.13. The van der Waals surface area contributed by atoms with E-state index in [2.05, 4.69) is 41.5 Å². The van der Waals surface area contributed by atoms with E-state index in [4.69, 9.17) is 23.2 Å². The van der Waals surface area contributed by atoms with Gasteiger partial charge >= 0.3 is 0 Å². The van der Waals surface area contributed by atoms with E-state index in [9.17, 15) is 4.79 Å². The summed E-state index contributed by atoms with van der Waals surface area (Å²) in [6.07, 6.45) is 1.65. The molecule has 0 aliphatic carbocycles. The predicted octanol–water partition coefficient (Wildman–Crippen LogP) is 6.33. The average molecular weight is 491 g/mol. The van der Waals surface area contributed by atoms with Gasteiger partial charge in [0, 0.05) is 16.2 Å². The summed E-state index contributed by atoms with van der Waals surface area (Å²) in [7, 11) is 0. The van der Waals surface area contributed by atoms with E-state index in [1.807, 2.05) is 6.92 Å². The number of halogens is 3. The number of rotatable bonds is 4. The van der Waals surface area contributed by atoms with Gasteiger partial charge in [0.1, 0.15) is 5.82 Å². The molecule has 1 amide bonds. The molecule has 4 rings (SSSR count). The number of imidazole rings is 1. The number of amides is 1. The Morgan fingerprint density at radius 1 is 1.14 bits per heavy atom. The molecule has 146 valence electrons. The number of anilines is 3. The fourth-order valence-electron chi connectivity index (χ4n) is 2.74. The van der Waals surface area contributed by atoms with E-state index in [-0.39, 0.29) is 5.91 Å². The van der Waals surface area contributed by atoms with Gasteiger partial charge in [-0.3, -0.25) is 4.79 Å². The molecule has 0 fully saturated rings. The molecule has 0 saturated carbocycles. The molecule has 0 atom stereocenters. The maximum absolute atomic E-state index is 12.6. The summed E-state index contributed by atoms with van der Waals surface area (Å²) in [5.41, 5.74) is 3.41. The normalized spacial score (nSPS) is 10.9. The number of aromatic amines is 1. The molecule has 2 heterocycles. The SMILES string of the molecule is Cc1cc(NC(=O)c2ccc3nc(Nc4c(Cl)cccc4Cl)[nH]c3c2)ncc1Br. The van der Waals surface area contributed by atoms with Gasteiger partial charge in [0.05, 0.1) is 26.8 Å². The van der Waals surface area contributed by atoms with E-state index in [0.29, 0.717) is 44.1 Å². The number of para-hydroxylation sites is 1. The third-order valence-corrected chi connectivity index (χ3v) is 5.70. The minimum Gasteiger partial charge on any atom is -0.324 e. The molecular formula is C20H14BrCl2N5O. The number of hydrogen-bond donors (Lipinski definition) is 3. The zero-order valence-electron chi connectivity index (χ0n) is 15.1. The molecular weight excluding hydrogens is 477 g/mol. The largest absolute Gasteiger partial charge is 0.324 e. The fourth-order valence-corrected chi connectivity index (χ4v) is 3.45. The standard InChI is InChI=1S/C20H14BrCl2N5O/c1-10-7-17(24-9-12(10)21)27-19(29)11-5-6-15-16(8-11)26-20(25-15)28-18-13(22)3-2-4-14(18)23/h2-9H,1H3,(H,24,27,29)(H2,25,26,28). The lowest BCUT2D eigenvalue weighted by Gasteiger charge is -2.07. The van der Waals surface area contributed by atoms with Crippen LogP contribution in [0.2, 0.25) is 10.0 Å². The topological polar surface area (TPSA) is 82.7 Å². The Morgan fingerprint density at radius 3 is 2.62 bits per heavy atom. The first-order valence-corrected chi connectivity index (χ1v) is 10.1. The third-order valence-electron chi connectivity index (χ3n) is 4.24. The summed E-state index contributed by atoms with van der Waals surface area (Å²) in [5.74, 6) is 0.688. The summed E-state index contributed by atoms with van der Waals surface area (Å²) in [5, 5.41) is 6.84. The van der Waals surface area contributed by atoms with Crippen molar-refractivity contribution in [2.75, 3.05) is 10.6 Å². The van der Waals surface area contributed by atoms with E-state index < -0.39 is 0 Å². The Kier molecular flexibility index (Phi) is 5.45. The summed E-state index contributed by atoms with van der Waals surface area (Å²) in [6.45, 7) is 1.93. The number of pyridine rings is 1. The zero-order valence-corrected chi connectivity index (χ0v) is 18.2. The van der Waals surface area contributed by atoms with Gasteiger partial charge in [-0.25, -0.2) is 9.97 Å². The quantitative estimate of drug-likeness (QED) is 0.312. The van der Waals surface area contributed by atoms with E-state index in [1.165, 1.54) is 0 Å². The van der Waals surface area contributed by atoms with Crippen molar-refractivity contribution in [3.8, 4) is 0 Å². The number of carbonyl (C=O) groups is 1. The van der Waals surface area contributed by atoms with E-state index in [0.717, 1.165) is 10.0 Å². The molecule has 9 heteroatoms. The summed E-state index contributed by atoms with van der Waals surface area (Å²) in [6, 6.07) is 12.2. The Balaban J connectivity index is 1.58. The maximum Gasteiger partial charge on any atom is 0.256 e. The molecule has 0 aliphatic heterocycles. The van der Waals surface area contributed by atoms with Crippen LogP contribution in [0.4, 0.5) is 17.5 Å². The highest BCUT2D eigenvalue weighted by atomic mass is 79.9. The molecule has 0 saturated heterocycles. The monoisotopic (exact) mass is 489 g/mol. The summed E-state index contributed by atoms with van der Waals surface area (Å²) < 4.78 is 0.882.